The molecule has 3 heterocycles. The van der Waals surface area contributed by atoms with E-state index in [0.29, 0.717) is 39.0 Å². The van der Waals surface area contributed by atoms with E-state index in [1.165, 1.54) is 0 Å². The van der Waals surface area contributed by atoms with Gasteiger partial charge in [-0.25, -0.2) is 18.3 Å². The van der Waals surface area contributed by atoms with Gasteiger partial charge in [-0.15, -0.1) is 0 Å². The van der Waals surface area contributed by atoms with Gasteiger partial charge < -0.3 is 4.90 Å². The van der Waals surface area contributed by atoms with E-state index in [1.54, 1.807) is 9.80 Å². The molecule has 154 valence electrons. The van der Waals surface area contributed by atoms with Crippen molar-refractivity contribution in [2.45, 2.75) is 33.1 Å². The Balaban J connectivity index is 1.46. The summed E-state index contributed by atoms with van der Waals surface area (Å²) in [7, 11) is 0. The Hall–Kier alpha value is -2.61. The van der Waals surface area contributed by atoms with E-state index in [1.807, 2.05) is 42.6 Å². The molecule has 0 saturated carbocycles. The first kappa shape index (κ1) is 19.7. The van der Waals surface area contributed by atoms with Crippen LogP contribution in [0.4, 0.5) is 8.78 Å². The van der Waals surface area contributed by atoms with E-state index in [0.717, 1.165) is 33.5 Å². The number of rotatable bonds is 5. The molecule has 0 spiro atoms. The van der Waals surface area contributed by atoms with Gasteiger partial charge in [0.1, 0.15) is 0 Å². The maximum Gasteiger partial charge on any atom is 0.251 e. The second kappa shape index (κ2) is 8.02. The summed E-state index contributed by atoms with van der Waals surface area (Å²) in [5, 5.41) is 5.67. The number of halogens is 2. The fraction of sp³-hybridized carbons (Fsp3) is 0.476. The standard InChI is InChI=1S/C21H25F2N5O/c1-14-16(7-8-20(29)27-11-9-26(10-12-27)13-19(22)23)15(2)28-21(24-14)17-5-3-4-6-18(17)25-28/h3-6,19H,7-13H2,1-2H3. The smallest absolute Gasteiger partial charge is 0.251 e. The number of aryl methyl sites for hydroxylation is 2. The molecule has 2 aromatic heterocycles. The van der Waals surface area contributed by atoms with Gasteiger partial charge in [0.25, 0.3) is 6.43 Å². The summed E-state index contributed by atoms with van der Waals surface area (Å²) >= 11 is 0. The molecule has 1 aliphatic rings. The highest BCUT2D eigenvalue weighted by atomic mass is 19.3. The lowest BCUT2D eigenvalue weighted by Crippen LogP contribution is -2.49. The summed E-state index contributed by atoms with van der Waals surface area (Å²) in [5.41, 5.74) is 4.68. The molecule has 0 aliphatic carbocycles. The third-order valence-corrected chi connectivity index (χ3v) is 5.73. The molecule has 1 saturated heterocycles. The molecule has 0 atom stereocenters. The van der Waals surface area contributed by atoms with Crippen LogP contribution in [0.3, 0.4) is 0 Å². The number of alkyl halides is 2. The molecular formula is C21H25F2N5O. The second-order valence-electron chi connectivity index (χ2n) is 7.59. The van der Waals surface area contributed by atoms with Crippen molar-refractivity contribution in [3.63, 3.8) is 0 Å². The minimum Gasteiger partial charge on any atom is -0.340 e. The number of nitrogens with zero attached hydrogens (tertiary/aromatic N) is 5. The number of piperazine rings is 1. The Bertz CT molecular complexity index is 1040. The Morgan fingerprint density at radius 3 is 2.59 bits per heavy atom. The van der Waals surface area contributed by atoms with Crippen LogP contribution in [0.5, 0.6) is 0 Å². The van der Waals surface area contributed by atoms with Crippen molar-refractivity contribution in [3.8, 4) is 0 Å². The Labute approximate surface area is 168 Å². The largest absolute Gasteiger partial charge is 0.340 e. The molecule has 0 unspecified atom stereocenters. The van der Waals surface area contributed by atoms with Crippen LogP contribution < -0.4 is 0 Å². The molecule has 0 radical (unpaired) electrons. The number of carbonyl (C=O) groups excluding carboxylic acids is 1. The second-order valence-corrected chi connectivity index (χ2v) is 7.59. The normalized spacial score (nSPS) is 15.7. The number of amides is 1. The van der Waals surface area contributed by atoms with Gasteiger partial charge in [0.15, 0.2) is 5.65 Å². The fourth-order valence-electron chi connectivity index (χ4n) is 4.10. The monoisotopic (exact) mass is 401 g/mol. The van der Waals surface area contributed by atoms with Crippen LogP contribution in [-0.2, 0) is 11.2 Å². The van der Waals surface area contributed by atoms with Crippen LogP contribution in [0.25, 0.3) is 16.6 Å². The van der Waals surface area contributed by atoms with Gasteiger partial charge in [-0.3, -0.25) is 9.69 Å². The molecule has 29 heavy (non-hydrogen) atoms. The summed E-state index contributed by atoms with van der Waals surface area (Å²) < 4.78 is 26.9. The van der Waals surface area contributed by atoms with Gasteiger partial charge in [-0.05, 0) is 38.0 Å². The fourth-order valence-corrected chi connectivity index (χ4v) is 4.10. The van der Waals surface area contributed by atoms with Gasteiger partial charge in [0.2, 0.25) is 5.91 Å². The average Bonchev–Trinajstić information content (AvgIpc) is 3.06. The molecule has 8 heteroatoms. The van der Waals surface area contributed by atoms with Crippen molar-refractivity contribution in [2.75, 3.05) is 32.7 Å². The molecule has 1 amide bonds. The predicted octanol–water partition coefficient (Wildman–Crippen LogP) is 2.84. The van der Waals surface area contributed by atoms with Gasteiger partial charge in [-0.1, -0.05) is 12.1 Å². The van der Waals surface area contributed by atoms with Crippen molar-refractivity contribution < 1.29 is 13.6 Å². The lowest BCUT2D eigenvalue weighted by molar-refractivity contribution is -0.133. The van der Waals surface area contributed by atoms with Gasteiger partial charge in [0, 0.05) is 49.4 Å². The highest BCUT2D eigenvalue weighted by Crippen LogP contribution is 2.23. The first-order chi connectivity index (χ1) is 13.9. The molecule has 0 bridgehead atoms. The minimum absolute atomic E-state index is 0.0613. The van der Waals surface area contributed by atoms with Crippen molar-refractivity contribution in [3.05, 3.63) is 41.2 Å². The van der Waals surface area contributed by atoms with Crippen LogP contribution >= 0.6 is 0 Å². The summed E-state index contributed by atoms with van der Waals surface area (Å²) in [6, 6.07) is 7.91. The molecule has 3 aromatic rings. The first-order valence-electron chi connectivity index (χ1n) is 9.96. The van der Waals surface area contributed by atoms with E-state index in [4.69, 9.17) is 4.98 Å². The summed E-state index contributed by atoms with van der Waals surface area (Å²) in [6.07, 6.45) is -1.36. The molecular weight excluding hydrogens is 376 g/mol. The summed E-state index contributed by atoms with van der Waals surface area (Å²) in [6.45, 7) is 5.78. The number of carbonyl (C=O) groups is 1. The van der Waals surface area contributed by atoms with E-state index >= 15 is 0 Å². The Morgan fingerprint density at radius 1 is 1.14 bits per heavy atom. The lowest BCUT2D eigenvalue weighted by atomic mass is 10.1. The van der Waals surface area contributed by atoms with Crippen molar-refractivity contribution in [1.29, 1.82) is 0 Å². The van der Waals surface area contributed by atoms with Crippen molar-refractivity contribution in [2.24, 2.45) is 0 Å². The summed E-state index contributed by atoms with van der Waals surface area (Å²) in [4.78, 5) is 20.9. The predicted molar refractivity (Wildman–Crippen MR) is 107 cm³/mol. The third kappa shape index (κ3) is 3.94. The third-order valence-electron chi connectivity index (χ3n) is 5.73. The van der Waals surface area contributed by atoms with Crippen LogP contribution in [0.1, 0.15) is 23.4 Å². The summed E-state index contributed by atoms with van der Waals surface area (Å²) in [5.74, 6) is 0.0613. The van der Waals surface area contributed by atoms with E-state index in [2.05, 4.69) is 5.10 Å². The molecule has 4 rings (SSSR count). The number of hydrogen-bond donors (Lipinski definition) is 0. The van der Waals surface area contributed by atoms with Crippen molar-refractivity contribution >= 4 is 22.5 Å². The number of hydrogen-bond acceptors (Lipinski definition) is 4. The maximum absolute atomic E-state index is 12.6. The van der Waals surface area contributed by atoms with E-state index < -0.39 is 6.43 Å². The van der Waals surface area contributed by atoms with Gasteiger partial charge in [0.05, 0.1) is 12.1 Å². The molecule has 1 fully saturated rings. The number of aromatic nitrogens is 3. The maximum atomic E-state index is 12.6. The highest BCUT2D eigenvalue weighted by molar-refractivity contribution is 5.92. The Kier molecular flexibility index (Phi) is 5.45. The van der Waals surface area contributed by atoms with Crippen LogP contribution in [0, 0.1) is 13.8 Å². The zero-order valence-corrected chi connectivity index (χ0v) is 16.7. The Morgan fingerprint density at radius 2 is 1.86 bits per heavy atom. The zero-order valence-electron chi connectivity index (χ0n) is 16.7. The minimum atomic E-state index is -2.33. The van der Waals surface area contributed by atoms with Crippen LogP contribution in [-0.4, -0.2) is 69.5 Å². The number of benzene rings is 1. The molecule has 1 aromatic carbocycles. The average molecular weight is 401 g/mol. The zero-order chi connectivity index (χ0) is 20.5. The van der Waals surface area contributed by atoms with Gasteiger partial charge in [-0.2, -0.15) is 5.10 Å². The van der Waals surface area contributed by atoms with Gasteiger partial charge >= 0.3 is 0 Å². The SMILES string of the molecule is Cc1nc2c3ccccc3nn2c(C)c1CCC(=O)N1CCN(CC(F)F)CC1. The van der Waals surface area contributed by atoms with E-state index in [-0.39, 0.29) is 12.5 Å². The molecule has 1 aliphatic heterocycles. The highest BCUT2D eigenvalue weighted by Gasteiger charge is 2.23. The van der Waals surface area contributed by atoms with Crippen LogP contribution in [0.2, 0.25) is 0 Å². The number of fused-ring (bicyclic) bond motifs is 3. The quantitative estimate of drug-likeness (QED) is 0.660. The topological polar surface area (TPSA) is 53.7 Å². The van der Waals surface area contributed by atoms with Crippen LogP contribution in [0.15, 0.2) is 24.3 Å². The first-order valence-corrected chi connectivity index (χ1v) is 9.96. The van der Waals surface area contributed by atoms with E-state index in [9.17, 15) is 13.6 Å². The molecule has 0 N–H and O–H groups in total. The molecule has 6 nitrogen and oxygen atoms in total. The van der Waals surface area contributed by atoms with Crippen molar-refractivity contribution in [1.82, 2.24) is 24.4 Å². The lowest BCUT2D eigenvalue weighted by Gasteiger charge is -2.34.